The van der Waals surface area contributed by atoms with Gasteiger partial charge in [-0.25, -0.2) is 0 Å². The molecule has 1 N–H and O–H groups in total. The predicted octanol–water partition coefficient (Wildman–Crippen LogP) is 2.25. The Labute approximate surface area is 124 Å². The first kappa shape index (κ1) is 13.3. The molecule has 1 aliphatic heterocycles. The standard InChI is InChI=1S/C15H10N2O3S/c18-12(13-6-3-9-21-13)7-8-16-17-14(19)10-4-1-2-5-11(10)15(17)20/h1-9,16H/b8-7-. The van der Waals surface area contributed by atoms with Crippen molar-refractivity contribution >= 4 is 28.9 Å². The van der Waals surface area contributed by atoms with Gasteiger partial charge in [-0.3, -0.25) is 19.8 Å². The number of benzene rings is 1. The molecule has 1 aliphatic rings. The van der Waals surface area contributed by atoms with E-state index in [-0.39, 0.29) is 5.78 Å². The van der Waals surface area contributed by atoms with Crippen LogP contribution in [0, 0.1) is 0 Å². The number of rotatable bonds is 4. The van der Waals surface area contributed by atoms with Gasteiger partial charge in [0.2, 0.25) is 0 Å². The molecule has 1 aromatic carbocycles. The molecule has 0 radical (unpaired) electrons. The number of fused-ring (bicyclic) bond motifs is 1. The number of carbonyl (C=O) groups excluding carboxylic acids is 3. The lowest BCUT2D eigenvalue weighted by Gasteiger charge is -2.12. The lowest BCUT2D eigenvalue weighted by atomic mass is 10.1. The van der Waals surface area contributed by atoms with Crippen LogP contribution in [0.15, 0.2) is 54.1 Å². The van der Waals surface area contributed by atoms with E-state index in [1.807, 2.05) is 0 Å². The Bertz CT molecular complexity index is 715. The van der Waals surface area contributed by atoms with Gasteiger partial charge in [0.05, 0.1) is 16.0 Å². The maximum Gasteiger partial charge on any atom is 0.280 e. The summed E-state index contributed by atoms with van der Waals surface area (Å²) in [7, 11) is 0. The third kappa shape index (κ3) is 2.36. The van der Waals surface area contributed by atoms with Gasteiger partial charge in [0.1, 0.15) is 0 Å². The van der Waals surface area contributed by atoms with Crippen LogP contribution in [0.4, 0.5) is 0 Å². The molecule has 1 aromatic heterocycles. The van der Waals surface area contributed by atoms with Gasteiger partial charge in [0.25, 0.3) is 11.8 Å². The summed E-state index contributed by atoms with van der Waals surface area (Å²) in [4.78, 5) is 36.4. The molecule has 2 heterocycles. The van der Waals surface area contributed by atoms with Gasteiger partial charge in [-0.05, 0) is 23.6 Å². The van der Waals surface area contributed by atoms with E-state index >= 15 is 0 Å². The largest absolute Gasteiger partial charge is 0.295 e. The van der Waals surface area contributed by atoms with Gasteiger partial charge >= 0.3 is 0 Å². The van der Waals surface area contributed by atoms with Crippen LogP contribution in [-0.4, -0.2) is 22.6 Å². The van der Waals surface area contributed by atoms with Gasteiger partial charge in [-0.1, -0.05) is 18.2 Å². The molecule has 3 rings (SSSR count). The highest BCUT2D eigenvalue weighted by atomic mass is 32.1. The van der Waals surface area contributed by atoms with E-state index in [1.165, 1.54) is 23.6 Å². The minimum atomic E-state index is -0.427. The molecule has 0 bridgehead atoms. The minimum Gasteiger partial charge on any atom is -0.295 e. The van der Waals surface area contributed by atoms with Crippen molar-refractivity contribution in [3.05, 3.63) is 70.1 Å². The molecule has 0 fully saturated rings. The molecule has 5 nitrogen and oxygen atoms in total. The van der Waals surface area contributed by atoms with E-state index in [4.69, 9.17) is 0 Å². The Morgan fingerprint density at radius 3 is 2.29 bits per heavy atom. The van der Waals surface area contributed by atoms with Gasteiger partial charge in [-0.15, -0.1) is 11.3 Å². The second kappa shape index (κ2) is 5.34. The molecule has 104 valence electrons. The molecule has 0 aliphatic carbocycles. The zero-order valence-electron chi connectivity index (χ0n) is 10.8. The SMILES string of the molecule is O=C(/C=C\NN1C(=O)c2ccccc2C1=O)c1cccs1. The Morgan fingerprint density at radius 1 is 1.05 bits per heavy atom. The summed E-state index contributed by atoms with van der Waals surface area (Å²) in [5, 5.41) is 2.70. The number of hydrazine groups is 1. The van der Waals surface area contributed by atoms with Gasteiger partial charge in [0.15, 0.2) is 5.78 Å². The number of allylic oxidation sites excluding steroid dienone is 1. The molecular weight excluding hydrogens is 288 g/mol. The predicted molar refractivity (Wildman–Crippen MR) is 77.9 cm³/mol. The first-order valence-corrected chi connectivity index (χ1v) is 7.05. The number of ketones is 1. The summed E-state index contributed by atoms with van der Waals surface area (Å²) in [6.07, 6.45) is 2.58. The molecule has 0 saturated carbocycles. The summed E-state index contributed by atoms with van der Waals surface area (Å²) < 4.78 is 0. The summed E-state index contributed by atoms with van der Waals surface area (Å²) in [6, 6.07) is 10.1. The van der Waals surface area contributed by atoms with Crippen molar-refractivity contribution in [1.82, 2.24) is 10.4 Å². The van der Waals surface area contributed by atoms with Crippen LogP contribution in [-0.2, 0) is 0 Å². The molecule has 0 spiro atoms. The van der Waals surface area contributed by atoms with E-state index in [2.05, 4.69) is 5.43 Å². The third-order valence-electron chi connectivity index (χ3n) is 3.00. The van der Waals surface area contributed by atoms with E-state index in [1.54, 1.807) is 41.8 Å². The molecule has 6 heteroatoms. The molecule has 2 aromatic rings. The number of hydrogen-bond acceptors (Lipinski definition) is 5. The second-order valence-corrected chi connectivity index (χ2v) is 5.24. The fraction of sp³-hybridized carbons (Fsp3) is 0. The highest BCUT2D eigenvalue weighted by Crippen LogP contribution is 2.20. The summed E-state index contributed by atoms with van der Waals surface area (Å²) >= 11 is 1.33. The fourth-order valence-corrected chi connectivity index (χ4v) is 2.64. The highest BCUT2D eigenvalue weighted by molar-refractivity contribution is 7.12. The Kier molecular flexibility index (Phi) is 3.37. The monoisotopic (exact) mass is 298 g/mol. The highest BCUT2D eigenvalue weighted by Gasteiger charge is 2.34. The zero-order chi connectivity index (χ0) is 14.8. The maximum absolute atomic E-state index is 12.0. The van der Waals surface area contributed by atoms with Crippen molar-refractivity contribution in [3.8, 4) is 0 Å². The topological polar surface area (TPSA) is 66.5 Å². The average molecular weight is 298 g/mol. The fourth-order valence-electron chi connectivity index (χ4n) is 1.99. The van der Waals surface area contributed by atoms with Crippen molar-refractivity contribution < 1.29 is 14.4 Å². The molecule has 21 heavy (non-hydrogen) atoms. The summed E-state index contributed by atoms with van der Waals surface area (Å²) in [5.41, 5.74) is 3.27. The number of nitrogens with one attached hydrogen (secondary N) is 1. The van der Waals surface area contributed by atoms with Crippen LogP contribution >= 0.6 is 11.3 Å². The molecular formula is C15H10N2O3S. The lowest BCUT2D eigenvalue weighted by Crippen LogP contribution is -2.39. The zero-order valence-corrected chi connectivity index (χ0v) is 11.6. The van der Waals surface area contributed by atoms with Gasteiger partial charge < -0.3 is 0 Å². The van der Waals surface area contributed by atoms with Crippen molar-refractivity contribution in [2.45, 2.75) is 0 Å². The van der Waals surface area contributed by atoms with Crippen molar-refractivity contribution in [2.24, 2.45) is 0 Å². The second-order valence-electron chi connectivity index (χ2n) is 4.30. The van der Waals surface area contributed by atoms with Crippen LogP contribution < -0.4 is 5.43 Å². The first-order valence-electron chi connectivity index (χ1n) is 6.17. The normalized spacial score (nSPS) is 13.8. The summed E-state index contributed by atoms with van der Waals surface area (Å²) in [6.45, 7) is 0. The molecule has 0 atom stereocenters. The number of amides is 2. The number of thiophene rings is 1. The number of carbonyl (C=O) groups is 3. The quantitative estimate of drug-likeness (QED) is 0.534. The molecule has 2 amide bonds. The van der Waals surface area contributed by atoms with E-state index < -0.39 is 11.8 Å². The average Bonchev–Trinajstić information content (AvgIpc) is 3.11. The molecule has 0 unspecified atom stereocenters. The smallest absolute Gasteiger partial charge is 0.280 e. The number of imide groups is 1. The van der Waals surface area contributed by atoms with E-state index in [0.717, 1.165) is 5.01 Å². The first-order chi connectivity index (χ1) is 10.2. The van der Waals surface area contributed by atoms with Crippen molar-refractivity contribution in [1.29, 1.82) is 0 Å². The lowest BCUT2D eigenvalue weighted by molar-refractivity contribution is 0.0598. The Morgan fingerprint density at radius 2 is 1.71 bits per heavy atom. The van der Waals surface area contributed by atoms with Crippen LogP contribution in [0.5, 0.6) is 0 Å². The number of hydrogen-bond donors (Lipinski definition) is 1. The van der Waals surface area contributed by atoms with Crippen molar-refractivity contribution in [3.63, 3.8) is 0 Å². The van der Waals surface area contributed by atoms with Crippen molar-refractivity contribution in [2.75, 3.05) is 0 Å². The summed E-state index contributed by atoms with van der Waals surface area (Å²) in [5.74, 6) is -1.04. The van der Waals surface area contributed by atoms with Gasteiger partial charge in [0, 0.05) is 12.3 Å². The minimum absolute atomic E-state index is 0.186. The molecule has 0 saturated heterocycles. The Hall–Kier alpha value is -2.73. The van der Waals surface area contributed by atoms with E-state index in [0.29, 0.717) is 16.0 Å². The van der Waals surface area contributed by atoms with Gasteiger partial charge in [-0.2, -0.15) is 5.01 Å². The van der Waals surface area contributed by atoms with Crippen LogP contribution in [0.1, 0.15) is 30.4 Å². The van der Waals surface area contributed by atoms with Crippen LogP contribution in [0.2, 0.25) is 0 Å². The van der Waals surface area contributed by atoms with E-state index in [9.17, 15) is 14.4 Å². The van der Waals surface area contributed by atoms with Crippen LogP contribution in [0.3, 0.4) is 0 Å². The maximum atomic E-state index is 12.0. The number of nitrogens with zero attached hydrogens (tertiary/aromatic N) is 1. The third-order valence-corrected chi connectivity index (χ3v) is 3.88. The Balaban J connectivity index is 1.71. The van der Waals surface area contributed by atoms with Crippen LogP contribution in [0.25, 0.3) is 0 Å².